The first-order valence-electron chi connectivity index (χ1n) is 21.7. The monoisotopic (exact) mass is 740 g/mol. The molecular formula is C47H81NO5. The van der Waals surface area contributed by atoms with E-state index >= 15 is 0 Å². The van der Waals surface area contributed by atoms with Gasteiger partial charge in [0, 0.05) is 6.42 Å². The first kappa shape index (κ1) is 50.3. The summed E-state index contributed by atoms with van der Waals surface area (Å²) in [5.41, 5.74) is 0. The summed E-state index contributed by atoms with van der Waals surface area (Å²) in [6, 6.07) is -0.726. The molecule has 0 aromatic rings. The number of aliphatic hydroxyl groups excluding tert-OH is 2. The van der Waals surface area contributed by atoms with Crippen molar-refractivity contribution in [2.45, 2.75) is 206 Å². The van der Waals surface area contributed by atoms with Crippen molar-refractivity contribution in [3.63, 3.8) is 0 Å². The number of nitrogens with one attached hydrogen (secondary N) is 1. The van der Waals surface area contributed by atoms with Crippen LogP contribution in [0.4, 0.5) is 0 Å². The Morgan fingerprint density at radius 1 is 0.566 bits per heavy atom. The van der Waals surface area contributed by atoms with Crippen LogP contribution in [0.2, 0.25) is 0 Å². The van der Waals surface area contributed by atoms with Gasteiger partial charge in [-0.2, -0.15) is 0 Å². The largest absolute Gasteiger partial charge is 0.462 e. The summed E-state index contributed by atoms with van der Waals surface area (Å²) < 4.78 is 5.84. The minimum Gasteiger partial charge on any atom is -0.462 e. The van der Waals surface area contributed by atoms with Crippen LogP contribution in [0.1, 0.15) is 188 Å². The Balaban J connectivity index is 4.76. The third-order valence-electron chi connectivity index (χ3n) is 9.38. The van der Waals surface area contributed by atoms with Crippen molar-refractivity contribution in [2.75, 3.05) is 6.61 Å². The van der Waals surface area contributed by atoms with Crippen LogP contribution >= 0.6 is 0 Å². The number of rotatable bonds is 37. The maximum absolute atomic E-state index is 13.1. The van der Waals surface area contributed by atoms with Crippen LogP contribution in [0, 0.1) is 0 Å². The normalized spacial score (nSPS) is 14.1. The number of unbranched alkanes of at least 4 members (excludes halogenated alkanes) is 17. The molecule has 3 N–H and O–H groups in total. The second kappa shape index (κ2) is 40.5. The van der Waals surface area contributed by atoms with Crippen LogP contribution in [0.5, 0.6) is 0 Å². The molecule has 0 rings (SSSR count). The fourth-order valence-electron chi connectivity index (χ4n) is 6.10. The van der Waals surface area contributed by atoms with E-state index in [1.165, 1.54) is 64.2 Å². The summed E-state index contributed by atoms with van der Waals surface area (Å²) in [5.74, 6) is -0.567. The fourth-order valence-corrected chi connectivity index (χ4v) is 6.10. The van der Waals surface area contributed by atoms with Crippen molar-refractivity contribution in [3.8, 4) is 0 Å². The number of hydrogen-bond donors (Lipinski definition) is 3. The average Bonchev–Trinajstić information content (AvgIpc) is 3.15. The molecule has 0 aromatic carbocycles. The number of hydrogen-bond acceptors (Lipinski definition) is 5. The maximum Gasteiger partial charge on any atom is 0.306 e. The van der Waals surface area contributed by atoms with Gasteiger partial charge in [0.25, 0.3) is 0 Å². The molecule has 0 saturated heterocycles. The summed E-state index contributed by atoms with van der Waals surface area (Å²) >= 11 is 0. The Labute approximate surface area is 326 Å². The van der Waals surface area contributed by atoms with E-state index < -0.39 is 18.2 Å². The van der Waals surface area contributed by atoms with Gasteiger partial charge in [0.2, 0.25) is 5.91 Å². The number of carbonyl (C=O) groups is 2. The molecule has 0 bridgehead atoms. The molecule has 0 aliphatic rings. The van der Waals surface area contributed by atoms with Gasteiger partial charge in [0.15, 0.2) is 0 Å². The minimum atomic E-state index is -0.808. The molecule has 0 aliphatic carbocycles. The van der Waals surface area contributed by atoms with E-state index in [9.17, 15) is 19.8 Å². The molecule has 0 spiro atoms. The lowest BCUT2D eigenvalue weighted by molar-refractivity contribution is -0.151. The Morgan fingerprint density at radius 2 is 1.09 bits per heavy atom. The zero-order chi connectivity index (χ0) is 38.9. The standard InChI is InChI=1S/C47H81NO5/c1-4-7-10-13-16-19-22-23-25-26-29-32-35-38-43(53-47(52)40-37-34-31-28-21-18-15-12-9-6-3)41-46(51)48-44(42-49)45(50)39-36-33-30-27-24-20-17-14-11-8-5-2/h7,10,12-13,15-16,19,22-23,25-26,29,43-45,49-50H,4-6,8-9,11,14,17-18,20-21,24,27-28,30-42H2,1-3H3,(H,48,51)/b10-7+,15-12-,16-13+,22-19-,25-23-,29-26+. The van der Waals surface area contributed by atoms with Crippen LogP contribution in [-0.4, -0.2) is 46.9 Å². The molecule has 0 aliphatic heterocycles. The number of amides is 1. The summed E-state index contributed by atoms with van der Waals surface area (Å²) in [7, 11) is 0. The predicted octanol–water partition coefficient (Wildman–Crippen LogP) is 12.3. The van der Waals surface area contributed by atoms with E-state index in [1.807, 2.05) is 48.6 Å². The quantitative estimate of drug-likeness (QED) is 0.0255. The molecule has 53 heavy (non-hydrogen) atoms. The second-order valence-corrected chi connectivity index (χ2v) is 14.5. The topological polar surface area (TPSA) is 95.9 Å². The van der Waals surface area contributed by atoms with Gasteiger partial charge in [-0.1, -0.05) is 190 Å². The molecule has 3 atom stereocenters. The van der Waals surface area contributed by atoms with E-state index in [4.69, 9.17) is 4.74 Å². The minimum absolute atomic E-state index is 0.0222. The molecule has 304 valence electrons. The van der Waals surface area contributed by atoms with Gasteiger partial charge in [-0.05, 0) is 57.8 Å². The van der Waals surface area contributed by atoms with Gasteiger partial charge in [-0.25, -0.2) is 0 Å². The lowest BCUT2D eigenvalue weighted by Crippen LogP contribution is -2.46. The number of aliphatic hydroxyl groups is 2. The van der Waals surface area contributed by atoms with Crippen LogP contribution in [0.25, 0.3) is 0 Å². The number of allylic oxidation sites excluding steroid dienone is 12. The highest BCUT2D eigenvalue weighted by molar-refractivity contribution is 5.77. The summed E-state index contributed by atoms with van der Waals surface area (Å²) in [6.45, 7) is 6.22. The SMILES string of the molecule is CC/C=C/C=C/C=C\C=C/C=C/CCCC(CC(=O)NC(CO)C(O)CCCCCCCCCCCCC)OC(=O)CCCCCCC/C=C\CCC. The Morgan fingerprint density at radius 3 is 1.70 bits per heavy atom. The van der Waals surface area contributed by atoms with Crippen LogP contribution in [0.3, 0.4) is 0 Å². The van der Waals surface area contributed by atoms with Crippen molar-refractivity contribution in [3.05, 3.63) is 72.9 Å². The highest BCUT2D eigenvalue weighted by Gasteiger charge is 2.23. The lowest BCUT2D eigenvalue weighted by Gasteiger charge is -2.24. The smallest absolute Gasteiger partial charge is 0.306 e. The molecule has 0 heterocycles. The fraction of sp³-hybridized carbons (Fsp3) is 0.702. The summed E-state index contributed by atoms with van der Waals surface area (Å²) in [4.78, 5) is 25.9. The lowest BCUT2D eigenvalue weighted by atomic mass is 10.0. The van der Waals surface area contributed by atoms with E-state index in [0.717, 1.165) is 77.0 Å². The van der Waals surface area contributed by atoms with E-state index in [0.29, 0.717) is 19.3 Å². The Hall–Kier alpha value is -2.70. The molecule has 0 aromatic heterocycles. The predicted molar refractivity (Wildman–Crippen MR) is 227 cm³/mol. The van der Waals surface area contributed by atoms with Crippen LogP contribution in [-0.2, 0) is 14.3 Å². The number of carbonyl (C=O) groups excluding carboxylic acids is 2. The van der Waals surface area contributed by atoms with Gasteiger partial charge >= 0.3 is 5.97 Å². The molecular weight excluding hydrogens is 659 g/mol. The first-order chi connectivity index (χ1) is 26.0. The highest BCUT2D eigenvalue weighted by atomic mass is 16.5. The zero-order valence-electron chi connectivity index (χ0n) is 34.4. The van der Waals surface area contributed by atoms with Crippen molar-refractivity contribution in [1.82, 2.24) is 5.32 Å². The van der Waals surface area contributed by atoms with Gasteiger partial charge in [0.1, 0.15) is 6.10 Å². The van der Waals surface area contributed by atoms with Gasteiger partial charge in [-0.15, -0.1) is 0 Å². The van der Waals surface area contributed by atoms with Gasteiger partial charge < -0.3 is 20.3 Å². The van der Waals surface area contributed by atoms with E-state index in [1.54, 1.807) is 0 Å². The maximum atomic E-state index is 13.1. The van der Waals surface area contributed by atoms with Crippen LogP contribution < -0.4 is 5.32 Å². The summed E-state index contributed by atoms with van der Waals surface area (Å²) in [6.07, 6.45) is 49.6. The molecule has 3 unspecified atom stereocenters. The second-order valence-electron chi connectivity index (χ2n) is 14.5. The zero-order valence-corrected chi connectivity index (χ0v) is 34.4. The molecule has 6 nitrogen and oxygen atoms in total. The number of esters is 1. The molecule has 0 saturated carbocycles. The van der Waals surface area contributed by atoms with E-state index in [2.05, 4.69) is 50.4 Å². The molecule has 6 heteroatoms. The summed E-state index contributed by atoms with van der Waals surface area (Å²) in [5, 5.41) is 23.6. The van der Waals surface area contributed by atoms with Crippen molar-refractivity contribution < 1.29 is 24.5 Å². The Kier molecular flexibility index (Phi) is 38.4. The van der Waals surface area contributed by atoms with Crippen LogP contribution in [0.15, 0.2) is 72.9 Å². The Bertz CT molecular complexity index is 1010. The first-order valence-corrected chi connectivity index (χ1v) is 21.7. The van der Waals surface area contributed by atoms with Gasteiger partial charge in [0.05, 0.1) is 25.2 Å². The van der Waals surface area contributed by atoms with Gasteiger partial charge in [-0.3, -0.25) is 9.59 Å². The molecule has 1 amide bonds. The number of ether oxygens (including phenoxy) is 1. The third kappa shape index (κ3) is 36.1. The van der Waals surface area contributed by atoms with Crippen molar-refractivity contribution in [1.29, 1.82) is 0 Å². The highest BCUT2D eigenvalue weighted by Crippen LogP contribution is 2.16. The van der Waals surface area contributed by atoms with E-state index in [-0.39, 0.29) is 24.9 Å². The van der Waals surface area contributed by atoms with Crippen molar-refractivity contribution in [2.24, 2.45) is 0 Å². The van der Waals surface area contributed by atoms with Crippen molar-refractivity contribution >= 4 is 11.9 Å². The third-order valence-corrected chi connectivity index (χ3v) is 9.38. The molecule has 0 radical (unpaired) electrons. The molecule has 0 fully saturated rings. The average molecular weight is 740 g/mol.